The van der Waals surface area contributed by atoms with Crippen LogP contribution in [-0.4, -0.2) is 55.2 Å². The molecule has 3 rings (SSSR count). The molecule has 0 amide bonds. The monoisotopic (exact) mass is 364 g/mol. The van der Waals surface area contributed by atoms with Gasteiger partial charge < -0.3 is 19.4 Å². The number of morpholine rings is 1. The lowest BCUT2D eigenvalue weighted by molar-refractivity contribution is 0.0816. The SMILES string of the molecule is CC1COCCN1c1cc(=O)c2c(cnn2COCC[Si](C)(C)C)[nH]1. The Hall–Kier alpha value is -1.64. The van der Waals surface area contributed by atoms with E-state index < -0.39 is 8.07 Å². The van der Waals surface area contributed by atoms with E-state index in [1.165, 1.54) is 0 Å². The first-order valence-corrected chi connectivity index (χ1v) is 12.6. The number of nitrogens with zero attached hydrogens (tertiary/aromatic N) is 3. The minimum Gasteiger partial charge on any atom is -0.377 e. The molecule has 0 spiro atoms. The fraction of sp³-hybridized carbons (Fsp3) is 0.647. The molecule has 1 saturated heterocycles. The molecule has 0 radical (unpaired) electrons. The van der Waals surface area contributed by atoms with Crippen LogP contribution in [0.2, 0.25) is 25.7 Å². The highest BCUT2D eigenvalue weighted by molar-refractivity contribution is 6.76. The standard InChI is InChI=1S/C17H28N4O3Si/c1-13-11-23-6-5-20(13)16-9-15(22)17-14(19-16)10-18-21(17)12-24-7-8-25(2,3)4/h9-10,13H,5-8,11-12H2,1-4H3,(H,19,22). The molecule has 8 heteroatoms. The summed E-state index contributed by atoms with van der Waals surface area (Å²) in [5.74, 6) is 0.826. The first-order chi connectivity index (χ1) is 11.8. The Balaban J connectivity index is 1.76. The fourth-order valence-corrected chi connectivity index (χ4v) is 3.73. The molecule has 1 aliphatic rings. The number of hydrogen-bond donors (Lipinski definition) is 1. The second kappa shape index (κ2) is 7.31. The zero-order valence-electron chi connectivity index (χ0n) is 15.5. The number of H-pyrrole nitrogens is 1. The van der Waals surface area contributed by atoms with Gasteiger partial charge in [-0.1, -0.05) is 19.6 Å². The Bertz CT molecular complexity index is 780. The van der Waals surface area contributed by atoms with E-state index in [1.807, 2.05) is 0 Å². The van der Waals surface area contributed by atoms with E-state index in [1.54, 1.807) is 16.9 Å². The van der Waals surface area contributed by atoms with Gasteiger partial charge in [0.15, 0.2) is 0 Å². The minimum atomic E-state index is -1.12. The number of nitrogens with one attached hydrogen (secondary N) is 1. The van der Waals surface area contributed by atoms with Crippen molar-refractivity contribution in [2.75, 3.05) is 31.3 Å². The quantitative estimate of drug-likeness (QED) is 0.629. The molecule has 1 fully saturated rings. The lowest BCUT2D eigenvalue weighted by atomic mass is 10.2. The van der Waals surface area contributed by atoms with Crippen LogP contribution in [0.25, 0.3) is 11.0 Å². The van der Waals surface area contributed by atoms with E-state index in [0.717, 1.165) is 23.9 Å². The molecule has 0 aliphatic carbocycles. The van der Waals surface area contributed by atoms with Crippen LogP contribution in [0.5, 0.6) is 0 Å². The summed E-state index contributed by atoms with van der Waals surface area (Å²) in [4.78, 5) is 18.1. The zero-order chi connectivity index (χ0) is 18.0. The van der Waals surface area contributed by atoms with Crippen LogP contribution < -0.4 is 10.3 Å². The van der Waals surface area contributed by atoms with Crippen molar-refractivity contribution in [2.24, 2.45) is 0 Å². The van der Waals surface area contributed by atoms with Gasteiger partial charge in [0.2, 0.25) is 5.43 Å². The molecule has 0 saturated carbocycles. The molecule has 1 aliphatic heterocycles. The lowest BCUT2D eigenvalue weighted by Gasteiger charge is -2.34. The summed E-state index contributed by atoms with van der Waals surface area (Å²) in [6.45, 7) is 12.2. The van der Waals surface area contributed by atoms with Gasteiger partial charge in [0.25, 0.3) is 0 Å². The fourth-order valence-electron chi connectivity index (χ4n) is 2.97. The molecule has 138 valence electrons. The van der Waals surface area contributed by atoms with E-state index in [4.69, 9.17) is 9.47 Å². The third kappa shape index (κ3) is 4.31. The predicted octanol–water partition coefficient (Wildman–Crippen LogP) is 2.26. The molecule has 1 atom stereocenters. The molecule has 0 aromatic carbocycles. The number of rotatable bonds is 6. The van der Waals surface area contributed by atoms with Gasteiger partial charge in [-0.05, 0) is 13.0 Å². The number of ether oxygens (including phenoxy) is 2. The topological polar surface area (TPSA) is 72.4 Å². The van der Waals surface area contributed by atoms with Crippen molar-refractivity contribution in [1.29, 1.82) is 0 Å². The van der Waals surface area contributed by atoms with E-state index in [-0.39, 0.29) is 11.5 Å². The van der Waals surface area contributed by atoms with Gasteiger partial charge in [-0.3, -0.25) is 4.79 Å². The van der Waals surface area contributed by atoms with Gasteiger partial charge >= 0.3 is 0 Å². The lowest BCUT2D eigenvalue weighted by Crippen LogP contribution is -2.44. The van der Waals surface area contributed by atoms with Crippen LogP contribution in [0.3, 0.4) is 0 Å². The number of aromatic nitrogens is 3. The number of aromatic amines is 1. The maximum Gasteiger partial charge on any atom is 0.209 e. The Kier molecular flexibility index (Phi) is 5.31. The third-order valence-electron chi connectivity index (χ3n) is 4.49. The minimum absolute atomic E-state index is 0.0336. The average molecular weight is 365 g/mol. The summed E-state index contributed by atoms with van der Waals surface area (Å²) in [5.41, 5.74) is 1.28. The summed E-state index contributed by atoms with van der Waals surface area (Å²) >= 11 is 0. The molecule has 3 heterocycles. The maximum atomic E-state index is 12.6. The molecule has 25 heavy (non-hydrogen) atoms. The Morgan fingerprint density at radius 2 is 2.24 bits per heavy atom. The largest absolute Gasteiger partial charge is 0.377 e. The van der Waals surface area contributed by atoms with Crippen molar-refractivity contribution in [3.8, 4) is 0 Å². The predicted molar refractivity (Wildman–Crippen MR) is 102 cm³/mol. The van der Waals surface area contributed by atoms with E-state index in [2.05, 4.69) is 41.5 Å². The molecule has 7 nitrogen and oxygen atoms in total. The number of pyridine rings is 1. The molecule has 2 aromatic rings. The van der Waals surface area contributed by atoms with Crippen molar-refractivity contribution < 1.29 is 9.47 Å². The van der Waals surface area contributed by atoms with E-state index >= 15 is 0 Å². The van der Waals surface area contributed by atoms with Crippen LogP contribution in [0.15, 0.2) is 17.1 Å². The molecule has 0 bridgehead atoms. The number of hydrogen-bond acceptors (Lipinski definition) is 5. The Morgan fingerprint density at radius 1 is 1.44 bits per heavy atom. The summed E-state index contributed by atoms with van der Waals surface area (Å²) in [7, 11) is -1.12. The summed E-state index contributed by atoms with van der Waals surface area (Å²) in [6.07, 6.45) is 1.70. The van der Waals surface area contributed by atoms with Gasteiger partial charge in [-0.15, -0.1) is 0 Å². The van der Waals surface area contributed by atoms with Crippen molar-refractivity contribution in [1.82, 2.24) is 14.8 Å². The van der Waals surface area contributed by atoms with Crippen molar-refractivity contribution >= 4 is 24.9 Å². The van der Waals surface area contributed by atoms with Gasteiger partial charge in [0.1, 0.15) is 18.1 Å². The zero-order valence-corrected chi connectivity index (χ0v) is 16.5. The van der Waals surface area contributed by atoms with Crippen LogP contribution >= 0.6 is 0 Å². The van der Waals surface area contributed by atoms with Crippen LogP contribution in [0.1, 0.15) is 6.92 Å². The second-order valence-corrected chi connectivity index (χ2v) is 13.5. The third-order valence-corrected chi connectivity index (χ3v) is 6.19. The smallest absolute Gasteiger partial charge is 0.209 e. The highest BCUT2D eigenvalue weighted by Gasteiger charge is 2.21. The molecule has 1 unspecified atom stereocenters. The highest BCUT2D eigenvalue weighted by Crippen LogP contribution is 2.19. The number of fused-ring (bicyclic) bond motifs is 1. The summed E-state index contributed by atoms with van der Waals surface area (Å²) in [5, 5.41) is 4.32. The average Bonchev–Trinajstić information content (AvgIpc) is 2.95. The van der Waals surface area contributed by atoms with Gasteiger partial charge in [0, 0.05) is 27.3 Å². The van der Waals surface area contributed by atoms with E-state index in [0.29, 0.717) is 32.1 Å². The van der Waals surface area contributed by atoms with Gasteiger partial charge in [-0.25, -0.2) is 4.68 Å². The first-order valence-electron chi connectivity index (χ1n) is 8.86. The number of anilines is 1. The molecule has 2 aromatic heterocycles. The first kappa shape index (κ1) is 18.2. The van der Waals surface area contributed by atoms with Crippen molar-refractivity contribution in [3.05, 3.63) is 22.5 Å². The van der Waals surface area contributed by atoms with E-state index in [9.17, 15) is 4.79 Å². The summed E-state index contributed by atoms with van der Waals surface area (Å²) < 4.78 is 12.9. The van der Waals surface area contributed by atoms with Crippen molar-refractivity contribution in [2.45, 2.75) is 45.4 Å². The Labute approximate surface area is 148 Å². The molecular formula is C17H28N4O3Si. The van der Waals surface area contributed by atoms with Gasteiger partial charge in [-0.2, -0.15) is 5.10 Å². The maximum absolute atomic E-state index is 12.6. The second-order valence-electron chi connectivity index (χ2n) is 7.89. The van der Waals surface area contributed by atoms with Gasteiger partial charge in [0.05, 0.1) is 31.0 Å². The molecule has 1 N–H and O–H groups in total. The highest BCUT2D eigenvalue weighted by atomic mass is 28.3. The summed E-state index contributed by atoms with van der Waals surface area (Å²) in [6, 6.07) is 2.99. The van der Waals surface area contributed by atoms with Crippen molar-refractivity contribution in [3.63, 3.8) is 0 Å². The van der Waals surface area contributed by atoms with Crippen LogP contribution in [0, 0.1) is 0 Å². The normalized spacial score (nSPS) is 18.9. The van der Waals surface area contributed by atoms with Crippen LogP contribution in [-0.2, 0) is 16.2 Å². The Morgan fingerprint density at radius 3 is 2.96 bits per heavy atom. The van der Waals surface area contributed by atoms with Crippen LogP contribution in [0.4, 0.5) is 5.82 Å². The molecular weight excluding hydrogens is 336 g/mol.